The summed E-state index contributed by atoms with van der Waals surface area (Å²) in [7, 11) is 0. The van der Waals surface area contributed by atoms with Gasteiger partial charge >= 0.3 is 6.03 Å². The number of rotatable bonds is 5. The summed E-state index contributed by atoms with van der Waals surface area (Å²) < 4.78 is 0. The first-order chi connectivity index (χ1) is 11.8. The molecule has 0 radical (unpaired) electrons. The van der Waals surface area contributed by atoms with E-state index in [9.17, 15) is 14.4 Å². The number of hydrogen-bond donors (Lipinski definition) is 2. The number of carbonyl (C=O) groups excluding carboxylic acids is 3. The Labute approximate surface area is 147 Å². The Morgan fingerprint density at radius 1 is 1.32 bits per heavy atom. The highest BCUT2D eigenvalue weighted by Gasteiger charge is 2.47. The molecule has 2 aliphatic heterocycles. The molecule has 7 heteroatoms. The van der Waals surface area contributed by atoms with E-state index in [1.54, 1.807) is 20.8 Å². The molecule has 25 heavy (non-hydrogen) atoms. The number of benzene rings is 1. The Bertz CT molecular complexity index is 716. The van der Waals surface area contributed by atoms with Crippen molar-refractivity contribution in [2.45, 2.75) is 38.8 Å². The third-order valence-corrected chi connectivity index (χ3v) is 4.82. The fourth-order valence-corrected chi connectivity index (χ4v) is 3.34. The van der Waals surface area contributed by atoms with Crippen LogP contribution in [0.4, 0.5) is 10.5 Å². The van der Waals surface area contributed by atoms with Crippen molar-refractivity contribution >= 4 is 23.5 Å². The standard InChI is InChI=1S/C18H24N4O3/c1-12(22-16(24)18(2,3)20-17(22)25)15(23)19-9-11-21-10-8-13-6-4-5-7-14(13)21/h4-7,12H,8-11H2,1-3H3,(H,19,23)(H,20,25)/t12-/m1/s1. The molecule has 0 aliphatic carbocycles. The van der Waals surface area contributed by atoms with Crippen LogP contribution in [0.2, 0.25) is 0 Å². The lowest BCUT2D eigenvalue weighted by Gasteiger charge is -2.23. The second kappa shape index (κ2) is 6.38. The number of nitrogens with zero attached hydrogens (tertiary/aromatic N) is 2. The molecule has 0 saturated carbocycles. The lowest BCUT2D eigenvalue weighted by atomic mass is 10.1. The van der Waals surface area contributed by atoms with Gasteiger partial charge < -0.3 is 15.5 Å². The molecule has 134 valence electrons. The van der Waals surface area contributed by atoms with Crippen LogP contribution in [0, 0.1) is 0 Å². The number of anilines is 1. The van der Waals surface area contributed by atoms with Crippen molar-refractivity contribution in [3.63, 3.8) is 0 Å². The molecule has 1 aromatic carbocycles. The summed E-state index contributed by atoms with van der Waals surface area (Å²) in [6.45, 7) is 6.92. The van der Waals surface area contributed by atoms with Gasteiger partial charge in [-0.05, 0) is 38.8 Å². The van der Waals surface area contributed by atoms with Gasteiger partial charge in [0.1, 0.15) is 11.6 Å². The summed E-state index contributed by atoms with van der Waals surface area (Å²) in [5.74, 6) is -0.706. The predicted octanol–water partition coefficient (Wildman–Crippen LogP) is 0.884. The maximum Gasteiger partial charge on any atom is 0.325 e. The predicted molar refractivity (Wildman–Crippen MR) is 94.3 cm³/mol. The number of nitrogens with one attached hydrogen (secondary N) is 2. The van der Waals surface area contributed by atoms with E-state index in [0.29, 0.717) is 13.1 Å². The number of carbonyl (C=O) groups is 3. The van der Waals surface area contributed by atoms with Crippen molar-refractivity contribution in [2.24, 2.45) is 0 Å². The third-order valence-electron chi connectivity index (χ3n) is 4.82. The van der Waals surface area contributed by atoms with Gasteiger partial charge in [0.05, 0.1) is 0 Å². The van der Waals surface area contributed by atoms with Crippen LogP contribution >= 0.6 is 0 Å². The van der Waals surface area contributed by atoms with E-state index in [4.69, 9.17) is 0 Å². The summed E-state index contributed by atoms with van der Waals surface area (Å²) in [6, 6.07) is 6.89. The molecule has 4 amide bonds. The summed E-state index contributed by atoms with van der Waals surface area (Å²) in [6.07, 6.45) is 1.01. The second-order valence-corrected chi connectivity index (χ2v) is 7.06. The minimum absolute atomic E-state index is 0.325. The normalized spacial score (nSPS) is 19.6. The van der Waals surface area contributed by atoms with E-state index in [-0.39, 0.29) is 11.8 Å². The van der Waals surface area contributed by atoms with Gasteiger partial charge in [-0.3, -0.25) is 9.59 Å². The highest BCUT2D eigenvalue weighted by atomic mass is 16.2. The number of amides is 4. The van der Waals surface area contributed by atoms with Crippen LogP contribution in [0.5, 0.6) is 0 Å². The van der Waals surface area contributed by atoms with E-state index in [1.165, 1.54) is 11.3 Å². The van der Waals surface area contributed by atoms with Crippen molar-refractivity contribution in [2.75, 3.05) is 24.5 Å². The van der Waals surface area contributed by atoms with Crippen molar-refractivity contribution in [3.05, 3.63) is 29.8 Å². The fourth-order valence-electron chi connectivity index (χ4n) is 3.34. The van der Waals surface area contributed by atoms with Crippen LogP contribution in [0.15, 0.2) is 24.3 Å². The van der Waals surface area contributed by atoms with E-state index < -0.39 is 17.6 Å². The Kier molecular flexibility index (Phi) is 4.41. The molecule has 1 saturated heterocycles. The van der Waals surface area contributed by atoms with E-state index in [2.05, 4.69) is 27.7 Å². The number of urea groups is 1. The van der Waals surface area contributed by atoms with Crippen molar-refractivity contribution in [1.82, 2.24) is 15.5 Å². The molecule has 0 unspecified atom stereocenters. The van der Waals surface area contributed by atoms with Crippen LogP contribution in [-0.4, -0.2) is 54.0 Å². The van der Waals surface area contributed by atoms with Crippen LogP contribution in [0.1, 0.15) is 26.3 Å². The van der Waals surface area contributed by atoms with Gasteiger partial charge in [-0.2, -0.15) is 0 Å². The van der Waals surface area contributed by atoms with E-state index in [1.807, 2.05) is 12.1 Å². The third kappa shape index (κ3) is 3.18. The molecule has 3 rings (SSSR count). The summed E-state index contributed by atoms with van der Waals surface area (Å²) in [5.41, 5.74) is 1.56. The van der Waals surface area contributed by atoms with Crippen molar-refractivity contribution < 1.29 is 14.4 Å². The van der Waals surface area contributed by atoms with Crippen molar-refractivity contribution in [1.29, 1.82) is 0 Å². The maximum absolute atomic E-state index is 12.3. The molecule has 1 aromatic rings. The second-order valence-electron chi connectivity index (χ2n) is 7.06. The Balaban J connectivity index is 1.53. The highest BCUT2D eigenvalue weighted by Crippen LogP contribution is 2.26. The quantitative estimate of drug-likeness (QED) is 0.777. The lowest BCUT2D eigenvalue weighted by Crippen LogP contribution is -2.50. The maximum atomic E-state index is 12.3. The molecule has 7 nitrogen and oxygen atoms in total. The van der Waals surface area contributed by atoms with Gasteiger partial charge in [0.2, 0.25) is 5.91 Å². The molecule has 2 N–H and O–H groups in total. The molecule has 2 heterocycles. The minimum Gasteiger partial charge on any atom is -0.369 e. The molecule has 0 spiro atoms. The molecule has 1 fully saturated rings. The largest absolute Gasteiger partial charge is 0.369 e. The average molecular weight is 344 g/mol. The SMILES string of the molecule is C[C@H](C(=O)NCCN1CCc2ccccc21)N1C(=O)NC(C)(C)C1=O. The Morgan fingerprint density at radius 2 is 2.04 bits per heavy atom. The zero-order chi connectivity index (χ0) is 18.2. The first-order valence-corrected chi connectivity index (χ1v) is 8.57. The van der Waals surface area contributed by atoms with Gasteiger partial charge in [0.25, 0.3) is 5.91 Å². The smallest absolute Gasteiger partial charge is 0.325 e. The average Bonchev–Trinajstić information content (AvgIpc) is 3.05. The summed E-state index contributed by atoms with van der Waals surface area (Å²) >= 11 is 0. The van der Waals surface area contributed by atoms with Crippen molar-refractivity contribution in [3.8, 4) is 0 Å². The van der Waals surface area contributed by atoms with E-state index >= 15 is 0 Å². The van der Waals surface area contributed by atoms with E-state index in [0.717, 1.165) is 17.9 Å². The van der Waals surface area contributed by atoms with Crippen LogP contribution in [0.3, 0.4) is 0 Å². The first-order valence-electron chi connectivity index (χ1n) is 8.57. The number of hydrogen-bond acceptors (Lipinski definition) is 4. The Hall–Kier alpha value is -2.57. The molecular formula is C18H24N4O3. The topological polar surface area (TPSA) is 81.8 Å². The summed E-state index contributed by atoms with van der Waals surface area (Å²) in [4.78, 5) is 39.8. The molecule has 1 atom stereocenters. The van der Waals surface area contributed by atoms with Crippen LogP contribution in [0.25, 0.3) is 0 Å². The molecule has 2 aliphatic rings. The van der Waals surface area contributed by atoms with Gasteiger partial charge in [0.15, 0.2) is 0 Å². The monoisotopic (exact) mass is 344 g/mol. The lowest BCUT2D eigenvalue weighted by molar-refractivity contribution is -0.137. The molecule has 0 bridgehead atoms. The van der Waals surface area contributed by atoms with Crippen LogP contribution < -0.4 is 15.5 Å². The van der Waals surface area contributed by atoms with Crippen LogP contribution in [-0.2, 0) is 16.0 Å². The van der Waals surface area contributed by atoms with Gasteiger partial charge in [-0.1, -0.05) is 18.2 Å². The minimum atomic E-state index is -0.967. The molecule has 0 aromatic heterocycles. The first kappa shape index (κ1) is 17.3. The van der Waals surface area contributed by atoms with Gasteiger partial charge in [-0.15, -0.1) is 0 Å². The number of para-hydroxylation sites is 1. The molecular weight excluding hydrogens is 320 g/mol. The van der Waals surface area contributed by atoms with Gasteiger partial charge in [-0.25, -0.2) is 9.69 Å². The highest BCUT2D eigenvalue weighted by molar-refractivity contribution is 6.09. The fraction of sp³-hybridized carbons (Fsp3) is 0.500. The zero-order valence-corrected chi connectivity index (χ0v) is 14.8. The van der Waals surface area contributed by atoms with Gasteiger partial charge in [0, 0.05) is 25.3 Å². The number of fused-ring (bicyclic) bond motifs is 1. The summed E-state index contributed by atoms with van der Waals surface area (Å²) in [5, 5.41) is 5.42. The number of imide groups is 1. The Morgan fingerprint density at radius 3 is 2.72 bits per heavy atom. The zero-order valence-electron chi connectivity index (χ0n) is 14.8.